The molecule has 16 heavy (non-hydrogen) atoms. The van der Waals surface area contributed by atoms with Gasteiger partial charge >= 0.3 is 0 Å². The van der Waals surface area contributed by atoms with Crippen LogP contribution in [0, 0.1) is 6.92 Å². The molecule has 0 saturated carbocycles. The maximum atomic E-state index is 5.24. The number of pyridine rings is 1. The monoisotopic (exact) mass is 215 g/mol. The van der Waals surface area contributed by atoms with E-state index in [9.17, 15) is 0 Å². The Balaban J connectivity index is 2.58. The number of ether oxygens (including phenoxy) is 1. The largest absolute Gasteiger partial charge is 0.480 e. The van der Waals surface area contributed by atoms with Gasteiger partial charge in [-0.15, -0.1) is 5.10 Å². The number of nitrogens with zero attached hydrogens (tertiary/aromatic N) is 5. The maximum absolute atomic E-state index is 5.24. The summed E-state index contributed by atoms with van der Waals surface area (Å²) in [6.07, 6.45) is 3.41. The molecule has 0 aromatic carbocycles. The summed E-state index contributed by atoms with van der Waals surface area (Å²) in [5.74, 6) is 0.543. The quantitative estimate of drug-likeness (QED) is 0.605. The topological polar surface area (TPSA) is 65.2 Å². The Morgan fingerprint density at radius 1 is 1.38 bits per heavy atom. The van der Waals surface area contributed by atoms with Gasteiger partial charge in [-0.05, 0) is 13.0 Å². The Morgan fingerprint density at radius 2 is 2.25 bits per heavy atom. The van der Waals surface area contributed by atoms with Crippen LogP contribution in [0.25, 0.3) is 16.6 Å². The summed E-state index contributed by atoms with van der Waals surface area (Å²) in [6.45, 7) is 1.86. The van der Waals surface area contributed by atoms with Crippen LogP contribution in [0.4, 0.5) is 0 Å². The first-order chi connectivity index (χ1) is 7.81. The molecule has 0 aliphatic carbocycles. The number of hydrogen-bond donors (Lipinski definition) is 0. The van der Waals surface area contributed by atoms with Crippen molar-refractivity contribution in [2.45, 2.75) is 6.92 Å². The zero-order valence-corrected chi connectivity index (χ0v) is 8.88. The third-order valence-electron chi connectivity index (χ3n) is 2.47. The van der Waals surface area contributed by atoms with Gasteiger partial charge in [0.25, 0.3) is 0 Å². The summed E-state index contributed by atoms with van der Waals surface area (Å²) in [7, 11) is 1.59. The van der Waals surface area contributed by atoms with Crippen molar-refractivity contribution in [1.29, 1.82) is 0 Å². The molecule has 3 heterocycles. The van der Waals surface area contributed by atoms with E-state index in [1.54, 1.807) is 24.0 Å². The predicted molar refractivity (Wildman–Crippen MR) is 57.4 cm³/mol. The van der Waals surface area contributed by atoms with E-state index in [2.05, 4.69) is 20.3 Å². The van der Waals surface area contributed by atoms with Crippen molar-refractivity contribution in [3.05, 3.63) is 24.2 Å². The fourth-order valence-electron chi connectivity index (χ4n) is 1.69. The van der Waals surface area contributed by atoms with Crippen LogP contribution in [-0.2, 0) is 0 Å². The summed E-state index contributed by atoms with van der Waals surface area (Å²) in [6, 6.07) is 1.86. The standard InChI is InChI=1S/C10H9N5O/c1-6-9-12-10(16-2)7-5-11-4-3-8(7)15(9)14-13-6/h3-5H,1-2H3. The molecule has 0 unspecified atom stereocenters. The van der Waals surface area contributed by atoms with E-state index in [4.69, 9.17) is 4.74 Å². The van der Waals surface area contributed by atoms with Crippen LogP contribution in [-0.4, -0.2) is 31.9 Å². The molecule has 3 rings (SSSR count). The van der Waals surface area contributed by atoms with Gasteiger partial charge in [0, 0.05) is 12.4 Å². The second-order valence-corrected chi connectivity index (χ2v) is 3.42. The predicted octanol–water partition coefficient (Wildman–Crippen LogP) is 0.990. The molecule has 0 amide bonds. The number of hydrogen-bond acceptors (Lipinski definition) is 5. The van der Waals surface area contributed by atoms with Gasteiger partial charge in [-0.1, -0.05) is 5.21 Å². The minimum absolute atomic E-state index is 0.543. The van der Waals surface area contributed by atoms with Crippen LogP contribution in [0.1, 0.15) is 5.69 Å². The normalized spacial score (nSPS) is 11.1. The van der Waals surface area contributed by atoms with Gasteiger partial charge in [-0.25, -0.2) is 0 Å². The van der Waals surface area contributed by atoms with Crippen LogP contribution in [0.5, 0.6) is 5.88 Å². The highest BCUT2D eigenvalue weighted by Crippen LogP contribution is 2.23. The first-order valence-corrected chi connectivity index (χ1v) is 4.81. The summed E-state index contributed by atoms with van der Waals surface area (Å²) >= 11 is 0. The summed E-state index contributed by atoms with van der Waals surface area (Å²) in [5, 5.41) is 8.86. The number of aryl methyl sites for hydroxylation is 1. The van der Waals surface area contributed by atoms with E-state index in [1.165, 1.54) is 0 Å². The molecule has 0 saturated heterocycles. The van der Waals surface area contributed by atoms with E-state index >= 15 is 0 Å². The zero-order chi connectivity index (χ0) is 11.1. The highest BCUT2D eigenvalue weighted by Gasteiger charge is 2.11. The van der Waals surface area contributed by atoms with Crippen LogP contribution >= 0.6 is 0 Å². The molecular weight excluding hydrogens is 206 g/mol. The van der Waals surface area contributed by atoms with Crippen LogP contribution in [0.2, 0.25) is 0 Å². The van der Waals surface area contributed by atoms with Crippen LogP contribution in [0.15, 0.2) is 18.5 Å². The van der Waals surface area contributed by atoms with E-state index < -0.39 is 0 Å². The van der Waals surface area contributed by atoms with Crippen molar-refractivity contribution in [1.82, 2.24) is 24.8 Å². The zero-order valence-electron chi connectivity index (χ0n) is 8.88. The van der Waals surface area contributed by atoms with Crippen molar-refractivity contribution in [2.24, 2.45) is 0 Å². The lowest BCUT2D eigenvalue weighted by molar-refractivity contribution is 0.404. The number of methoxy groups -OCH3 is 1. The number of fused-ring (bicyclic) bond motifs is 3. The second-order valence-electron chi connectivity index (χ2n) is 3.42. The van der Waals surface area contributed by atoms with Gasteiger partial charge in [-0.2, -0.15) is 9.50 Å². The van der Waals surface area contributed by atoms with Crippen LogP contribution < -0.4 is 4.74 Å². The molecule has 0 fully saturated rings. The Kier molecular flexibility index (Phi) is 1.76. The molecule has 0 spiro atoms. The lowest BCUT2D eigenvalue weighted by Crippen LogP contribution is -1.98. The molecule has 0 aliphatic heterocycles. The van der Waals surface area contributed by atoms with Gasteiger partial charge in [-0.3, -0.25) is 4.98 Å². The lowest BCUT2D eigenvalue weighted by atomic mass is 10.3. The fraction of sp³-hybridized carbons (Fsp3) is 0.200. The van der Waals surface area contributed by atoms with E-state index in [1.807, 2.05) is 13.0 Å². The molecule has 6 nitrogen and oxygen atoms in total. The Bertz CT molecular complexity index is 675. The Labute approximate surface area is 90.9 Å². The minimum atomic E-state index is 0.543. The van der Waals surface area contributed by atoms with Gasteiger partial charge in [0.2, 0.25) is 5.88 Å². The second kappa shape index (κ2) is 3.13. The fourth-order valence-corrected chi connectivity index (χ4v) is 1.69. The molecule has 0 atom stereocenters. The highest BCUT2D eigenvalue weighted by atomic mass is 16.5. The lowest BCUT2D eigenvalue weighted by Gasteiger charge is -2.04. The molecule has 3 aromatic rings. The first-order valence-electron chi connectivity index (χ1n) is 4.81. The summed E-state index contributed by atoms with van der Waals surface area (Å²) in [4.78, 5) is 8.41. The summed E-state index contributed by atoms with van der Waals surface area (Å²) in [5.41, 5.74) is 2.37. The third-order valence-corrected chi connectivity index (χ3v) is 2.47. The molecule has 0 radical (unpaired) electrons. The van der Waals surface area contributed by atoms with Gasteiger partial charge in [0.05, 0.1) is 18.0 Å². The van der Waals surface area contributed by atoms with Crippen molar-refractivity contribution >= 4 is 16.6 Å². The molecule has 80 valence electrons. The molecular formula is C10H9N5O. The molecule has 0 bridgehead atoms. The summed E-state index contributed by atoms with van der Waals surface area (Å²) < 4.78 is 6.93. The first kappa shape index (κ1) is 9.02. The van der Waals surface area contributed by atoms with Crippen molar-refractivity contribution in [3.63, 3.8) is 0 Å². The molecule has 3 aromatic heterocycles. The van der Waals surface area contributed by atoms with Gasteiger partial charge in [0.1, 0.15) is 5.69 Å². The van der Waals surface area contributed by atoms with E-state index in [0.29, 0.717) is 11.5 Å². The van der Waals surface area contributed by atoms with Crippen molar-refractivity contribution in [2.75, 3.05) is 7.11 Å². The van der Waals surface area contributed by atoms with E-state index in [0.717, 1.165) is 16.6 Å². The highest BCUT2D eigenvalue weighted by molar-refractivity contribution is 5.85. The smallest absolute Gasteiger partial charge is 0.226 e. The van der Waals surface area contributed by atoms with E-state index in [-0.39, 0.29) is 0 Å². The molecule has 0 N–H and O–H groups in total. The average molecular weight is 215 g/mol. The Hall–Kier alpha value is -2.24. The maximum Gasteiger partial charge on any atom is 0.226 e. The Morgan fingerprint density at radius 3 is 3.06 bits per heavy atom. The number of aromatic nitrogens is 5. The minimum Gasteiger partial charge on any atom is -0.480 e. The van der Waals surface area contributed by atoms with Crippen molar-refractivity contribution in [3.8, 4) is 5.88 Å². The third kappa shape index (κ3) is 1.06. The van der Waals surface area contributed by atoms with Crippen LogP contribution in [0.3, 0.4) is 0 Å². The number of rotatable bonds is 1. The van der Waals surface area contributed by atoms with Gasteiger partial charge in [0.15, 0.2) is 5.65 Å². The average Bonchev–Trinajstić information content (AvgIpc) is 2.70. The SMILES string of the molecule is COc1nc2c(C)nnn2c2ccncc12. The molecule has 0 aliphatic rings. The van der Waals surface area contributed by atoms with Crippen molar-refractivity contribution < 1.29 is 4.74 Å². The molecule has 6 heteroatoms. The van der Waals surface area contributed by atoms with Gasteiger partial charge < -0.3 is 4.74 Å².